The molecule has 4 N–H and O–H groups in total. The number of aromatic nitrogens is 3. The quantitative estimate of drug-likeness (QED) is 0.201. The third-order valence-corrected chi connectivity index (χ3v) is 7.74. The van der Waals surface area contributed by atoms with Gasteiger partial charge in [0, 0.05) is 49.4 Å². The molecule has 5 rings (SSSR count). The lowest BCUT2D eigenvalue weighted by Crippen LogP contribution is -2.56. The first-order valence-corrected chi connectivity index (χ1v) is 15.5. The third-order valence-electron chi connectivity index (χ3n) is 7.49. The van der Waals surface area contributed by atoms with Crippen LogP contribution in [0.4, 0.5) is 10.5 Å². The zero-order valence-electron chi connectivity index (χ0n) is 26.1. The fraction of sp³-hybridized carbons (Fsp3) is 0.394. The van der Waals surface area contributed by atoms with Gasteiger partial charge in [-0.1, -0.05) is 54.1 Å². The molecule has 4 aromatic rings. The number of aliphatic hydroxyl groups is 2. The predicted octanol–water partition coefficient (Wildman–Crippen LogP) is 3.79. The monoisotopic (exact) mass is 650 g/mol. The highest BCUT2D eigenvalue weighted by Crippen LogP contribution is 2.40. The lowest BCUT2D eigenvalue weighted by molar-refractivity contribution is -0.133. The minimum atomic E-state index is -1.06. The standard InChI is InChI=1S/C33H39ClN6O6/c1-33(2,3)46-32(44)36-26(17-21-9-11-23(34)12-10-21)31(43)40-15-13-39(14-16-40)28-25(22-7-5-4-6-8-22)18-35-29-27(28)30(38-37-29)45-20-24(42)19-41/h4-12,18,24,26,41-42H,13-17,19-20H2,1-3H3,(H,36,44)(H,35,37,38). The van der Waals surface area contributed by atoms with Crippen LogP contribution < -0.4 is 15.0 Å². The van der Waals surface area contributed by atoms with Gasteiger partial charge < -0.3 is 34.8 Å². The number of benzene rings is 2. The number of hydrogen-bond acceptors (Lipinski definition) is 9. The average Bonchev–Trinajstić information content (AvgIpc) is 3.46. The Labute approximate surface area is 272 Å². The number of carbonyl (C=O) groups is 2. The maximum Gasteiger partial charge on any atom is 0.408 e. The van der Waals surface area contributed by atoms with E-state index in [0.717, 1.165) is 22.4 Å². The summed E-state index contributed by atoms with van der Waals surface area (Å²) in [7, 11) is 0. The van der Waals surface area contributed by atoms with E-state index in [-0.39, 0.29) is 24.8 Å². The Kier molecular flexibility index (Phi) is 10.3. The summed E-state index contributed by atoms with van der Waals surface area (Å²) < 4.78 is 11.3. The molecule has 13 heteroatoms. The summed E-state index contributed by atoms with van der Waals surface area (Å²) >= 11 is 6.07. The fourth-order valence-electron chi connectivity index (χ4n) is 5.32. The van der Waals surface area contributed by atoms with E-state index in [9.17, 15) is 19.8 Å². The second-order valence-corrected chi connectivity index (χ2v) is 12.6. The Hall–Kier alpha value is -4.39. The number of anilines is 1. The Bertz CT molecular complexity index is 1630. The summed E-state index contributed by atoms with van der Waals surface area (Å²) in [6.45, 7) is 6.46. The lowest BCUT2D eigenvalue weighted by Gasteiger charge is -2.38. The zero-order valence-corrected chi connectivity index (χ0v) is 26.8. The molecule has 0 saturated carbocycles. The second-order valence-electron chi connectivity index (χ2n) is 12.1. The lowest BCUT2D eigenvalue weighted by atomic mass is 10.0. The van der Waals surface area contributed by atoms with Crippen LogP contribution in [-0.4, -0.2) is 99.4 Å². The van der Waals surface area contributed by atoms with Crippen LogP contribution in [0.1, 0.15) is 26.3 Å². The number of rotatable bonds is 10. The molecule has 1 saturated heterocycles. The number of nitrogens with zero attached hydrogens (tertiary/aromatic N) is 4. The van der Waals surface area contributed by atoms with Gasteiger partial charge in [0.15, 0.2) is 5.65 Å². The van der Waals surface area contributed by atoms with E-state index < -0.39 is 30.4 Å². The highest BCUT2D eigenvalue weighted by molar-refractivity contribution is 6.30. The molecule has 0 bridgehead atoms. The number of carbonyl (C=O) groups excluding carboxylic acids is 2. The van der Waals surface area contributed by atoms with Crippen LogP contribution >= 0.6 is 11.6 Å². The molecule has 0 aliphatic carbocycles. The maximum absolute atomic E-state index is 13.9. The van der Waals surface area contributed by atoms with Crippen LogP contribution in [0.15, 0.2) is 60.8 Å². The number of amides is 2. The molecular weight excluding hydrogens is 612 g/mol. The number of fused-ring (bicyclic) bond motifs is 1. The van der Waals surface area contributed by atoms with Crippen molar-refractivity contribution in [2.24, 2.45) is 0 Å². The molecule has 46 heavy (non-hydrogen) atoms. The summed E-state index contributed by atoms with van der Waals surface area (Å²) in [6.07, 6.45) is 0.324. The molecule has 3 heterocycles. The molecule has 2 aromatic heterocycles. The number of aliphatic hydroxyl groups excluding tert-OH is 2. The van der Waals surface area contributed by atoms with Gasteiger partial charge in [0.2, 0.25) is 11.8 Å². The molecule has 1 aliphatic heterocycles. The molecule has 0 spiro atoms. The number of aromatic amines is 1. The number of pyridine rings is 1. The molecule has 12 nitrogen and oxygen atoms in total. The molecule has 2 unspecified atom stereocenters. The number of piperazine rings is 1. The van der Waals surface area contributed by atoms with Crippen molar-refractivity contribution in [2.45, 2.75) is 44.9 Å². The van der Waals surface area contributed by atoms with E-state index >= 15 is 0 Å². The Morgan fingerprint density at radius 3 is 2.41 bits per heavy atom. The summed E-state index contributed by atoms with van der Waals surface area (Å²) in [5.74, 6) is 0.0415. The van der Waals surface area contributed by atoms with Crippen molar-refractivity contribution in [1.29, 1.82) is 0 Å². The molecule has 2 amide bonds. The summed E-state index contributed by atoms with van der Waals surface area (Å²) in [4.78, 5) is 35.2. The Balaban J connectivity index is 1.40. The van der Waals surface area contributed by atoms with Crippen molar-refractivity contribution in [3.05, 3.63) is 71.4 Å². The average molecular weight is 651 g/mol. The van der Waals surface area contributed by atoms with Crippen LogP contribution in [0.5, 0.6) is 5.88 Å². The van der Waals surface area contributed by atoms with Crippen molar-refractivity contribution in [3.63, 3.8) is 0 Å². The van der Waals surface area contributed by atoms with Gasteiger partial charge in [-0.2, -0.15) is 0 Å². The minimum Gasteiger partial charge on any atom is -0.473 e. The summed E-state index contributed by atoms with van der Waals surface area (Å²) in [5.41, 5.74) is 3.26. The number of nitrogens with one attached hydrogen (secondary N) is 2. The number of halogens is 1. The smallest absolute Gasteiger partial charge is 0.408 e. The Morgan fingerprint density at radius 1 is 1.07 bits per heavy atom. The van der Waals surface area contributed by atoms with E-state index in [2.05, 4.69) is 25.4 Å². The van der Waals surface area contributed by atoms with Gasteiger partial charge in [-0.3, -0.25) is 9.89 Å². The van der Waals surface area contributed by atoms with E-state index in [1.54, 1.807) is 44.0 Å². The molecule has 1 fully saturated rings. The molecule has 244 valence electrons. The summed E-state index contributed by atoms with van der Waals surface area (Å²) in [5, 5.41) is 30.4. The molecular formula is C33H39ClN6O6. The molecule has 0 radical (unpaired) electrons. The number of hydrogen-bond donors (Lipinski definition) is 4. The third kappa shape index (κ3) is 8.06. The van der Waals surface area contributed by atoms with Gasteiger partial charge >= 0.3 is 6.09 Å². The first kappa shape index (κ1) is 33.0. The number of H-pyrrole nitrogens is 1. The molecule has 2 atom stereocenters. The van der Waals surface area contributed by atoms with Gasteiger partial charge in [-0.15, -0.1) is 5.10 Å². The van der Waals surface area contributed by atoms with Crippen molar-refractivity contribution in [1.82, 2.24) is 25.4 Å². The first-order chi connectivity index (χ1) is 22.0. The van der Waals surface area contributed by atoms with E-state index in [4.69, 9.17) is 21.1 Å². The zero-order chi connectivity index (χ0) is 32.8. The van der Waals surface area contributed by atoms with E-state index in [1.165, 1.54) is 0 Å². The predicted molar refractivity (Wildman–Crippen MR) is 175 cm³/mol. The largest absolute Gasteiger partial charge is 0.473 e. The topological polar surface area (TPSA) is 153 Å². The highest BCUT2D eigenvalue weighted by atomic mass is 35.5. The normalized spacial score (nSPS) is 15.0. The van der Waals surface area contributed by atoms with Gasteiger partial charge in [0.05, 0.1) is 12.3 Å². The number of ether oxygens (including phenoxy) is 2. The second kappa shape index (κ2) is 14.4. The van der Waals surface area contributed by atoms with E-state index in [0.29, 0.717) is 42.2 Å². The van der Waals surface area contributed by atoms with Crippen LogP contribution in [0.3, 0.4) is 0 Å². The van der Waals surface area contributed by atoms with Gasteiger partial charge in [0.25, 0.3) is 0 Å². The fourth-order valence-corrected chi connectivity index (χ4v) is 5.44. The number of alkyl carbamates (subject to hydrolysis) is 1. The molecule has 2 aromatic carbocycles. The van der Waals surface area contributed by atoms with Crippen LogP contribution in [-0.2, 0) is 16.0 Å². The van der Waals surface area contributed by atoms with Crippen molar-refractivity contribution < 1.29 is 29.3 Å². The van der Waals surface area contributed by atoms with Gasteiger partial charge in [-0.25, -0.2) is 9.78 Å². The molecule has 1 aliphatic rings. The SMILES string of the molecule is CC(C)(C)OC(=O)NC(Cc1ccc(Cl)cc1)C(=O)N1CCN(c2c(-c3ccccc3)cnc3[nH]nc(OCC(O)CO)c23)CC1. The maximum atomic E-state index is 13.9. The first-order valence-electron chi connectivity index (χ1n) is 15.1. The van der Waals surface area contributed by atoms with Crippen molar-refractivity contribution in [3.8, 4) is 17.0 Å². The summed E-state index contributed by atoms with van der Waals surface area (Å²) in [6, 6.07) is 16.1. The van der Waals surface area contributed by atoms with Gasteiger partial charge in [0.1, 0.15) is 29.7 Å². The Morgan fingerprint density at radius 2 is 1.76 bits per heavy atom. The van der Waals surface area contributed by atoms with Gasteiger partial charge in [-0.05, 0) is 44.0 Å². The van der Waals surface area contributed by atoms with Crippen LogP contribution in [0.25, 0.3) is 22.2 Å². The minimum absolute atomic E-state index is 0.145. The van der Waals surface area contributed by atoms with Crippen molar-refractivity contribution in [2.75, 3.05) is 44.3 Å². The van der Waals surface area contributed by atoms with Crippen molar-refractivity contribution >= 4 is 40.3 Å². The van der Waals surface area contributed by atoms with E-state index in [1.807, 2.05) is 42.5 Å². The van der Waals surface area contributed by atoms with Crippen LogP contribution in [0, 0.1) is 0 Å². The highest BCUT2D eigenvalue weighted by Gasteiger charge is 2.32. The van der Waals surface area contributed by atoms with Crippen LogP contribution in [0.2, 0.25) is 5.02 Å².